The maximum absolute atomic E-state index is 10.0. The number of carbonyl (C=O) groups excluding carboxylic acids is 1. The molecule has 1 aromatic heterocycles. The number of hydrazone groups is 1. The molecule has 74 valence electrons. The molecule has 0 aliphatic rings. The lowest BCUT2D eigenvalue weighted by molar-refractivity contribution is -0.250. The van der Waals surface area contributed by atoms with E-state index in [1.165, 1.54) is 6.20 Å². The lowest BCUT2D eigenvalue weighted by Gasteiger charge is -2.04. The fourth-order valence-corrected chi connectivity index (χ4v) is 1.11. The van der Waals surface area contributed by atoms with Crippen LogP contribution < -0.4 is 10.5 Å². The highest BCUT2D eigenvalue weighted by molar-refractivity contribution is 6.34. The van der Waals surface area contributed by atoms with Gasteiger partial charge in [-0.15, -0.1) is 0 Å². The zero-order valence-corrected chi connectivity index (χ0v) is 8.08. The minimum atomic E-state index is -1.46. The molecule has 0 radical (unpaired) electrons. The summed E-state index contributed by atoms with van der Waals surface area (Å²) in [5, 5.41) is 14.0. The van der Waals surface area contributed by atoms with E-state index < -0.39 is 6.09 Å². The van der Waals surface area contributed by atoms with Crippen molar-refractivity contribution in [3.05, 3.63) is 29.0 Å². The number of hydrogen-bond donors (Lipinski definition) is 1. The van der Waals surface area contributed by atoms with Gasteiger partial charge in [-0.25, -0.2) is 0 Å². The molecule has 0 atom stereocenters. The van der Waals surface area contributed by atoms with Crippen LogP contribution in [0.15, 0.2) is 23.6 Å². The Morgan fingerprint density at radius 3 is 3.00 bits per heavy atom. The van der Waals surface area contributed by atoms with Crippen LogP contribution in [0.25, 0.3) is 0 Å². The molecule has 0 unspecified atom stereocenters. The molecule has 0 fully saturated rings. The summed E-state index contributed by atoms with van der Waals surface area (Å²) >= 11 is 5.80. The first-order valence-electron chi connectivity index (χ1n) is 3.72. The number of pyridine rings is 1. The van der Waals surface area contributed by atoms with Crippen LogP contribution in [0.3, 0.4) is 0 Å². The van der Waals surface area contributed by atoms with Gasteiger partial charge in [-0.1, -0.05) is 11.6 Å². The number of nitrogens with one attached hydrogen (secondary N) is 1. The molecular formula is C8H7ClN3O2-. The molecular weight excluding hydrogens is 206 g/mol. The van der Waals surface area contributed by atoms with Gasteiger partial charge in [0.2, 0.25) is 0 Å². The van der Waals surface area contributed by atoms with E-state index in [-0.39, 0.29) is 0 Å². The second kappa shape index (κ2) is 4.57. The van der Waals surface area contributed by atoms with E-state index in [1.54, 1.807) is 24.6 Å². The topological polar surface area (TPSA) is 77.4 Å². The smallest absolute Gasteiger partial charge is 0.155 e. The van der Waals surface area contributed by atoms with Crippen molar-refractivity contribution in [3.8, 4) is 0 Å². The van der Waals surface area contributed by atoms with Crippen LogP contribution in [0.2, 0.25) is 5.02 Å². The molecule has 6 heteroatoms. The summed E-state index contributed by atoms with van der Waals surface area (Å²) in [5.41, 5.74) is 2.85. The number of carbonyl (C=O) groups is 1. The first-order valence-corrected chi connectivity index (χ1v) is 4.10. The van der Waals surface area contributed by atoms with Gasteiger partial charge in [0.05, 0.1) is 10.7 Å². The number of nitrogens with zero attached hydrogens (tertiary/aromatic N) is 2. The van der Waals surface area contributed by atoms with Crippen LogP contribution in [-0.2, 0) is 0 Å². The van der Waals surface area contributed by atoms with Gasteiger partial charge in [0.15, 0.2) is 6.09 Å². The predicted molar refractivity (Wildman–Crippen MR) is 50.0 cm³/mol. The first kappa shape index (κ1) is 10.5. The molecule has 1 rings (SSSR count). The average Bonchev–Trinajstić information content (AvgIpc) is 2.15. The lowest BCUT2D eigenvalue weighted by atomic mass is 10.2. The molecule has 1 heterocycles. The molecule has 0 saturated heterocycles. The van der Waals surface area contributed by atoms with Crippen molar-refractivity contribution in [1.82, 2.24) is 10.4 Å². The van der Waals surface area contributed by atoms with Gasteiger partial charge in [-0.3, -0.25) is 10.4 Å². The molecule has 1 amide bonds. The van der Waals surface area contributed by atoms with Gasteiger partial charge >= 0.3 is 0 Å². The SMILES string of the molecule is C/C(=N/NC(=O)[O-])c1ccncc1Cl. The maximum atomic E-state index is 10.0. The number of carboxylic acid groups (broad SMARTS) is 1. The van der Waals surface area contributed by atoms with Gasteiger partial charge in [-0.2, -0.15) is 5.10 Å². The van der Waals surface area contributed by atoms with Gasteiger partial charge in [0, 0.05) is 18.0 Å². The third-order valence-corrected chi connectivity index (χ3v) is 1.78. The van der Waals surface area contributed by atoms with Crippen LogP contribution in [0, 0.1) is 0 Å². The molecule has 1 N–H and O–H groups in total. The summed E-state index contributed by atoms with van der Waals surface area (Å²) in [6.45, 7) is 1.62. The van der Waals surface area contributed by atoms with E-state index in [2.05, 4.69) is 10.1 Å². The van der Waals surface area contributed by atoms with Crippen LogP contribution >= 0.6 is 11.6 Å². The zero-order valence-electron chi connectivity index (χ0n) is 7.32. The maximum Gasteiger partial charge on any atom is 0.155 e. The molecule has 5 nitrogen and oxygen atoms in total. The van der Waals surface area contributed by atoms with Crippen molar-refractivity contribution in [1.29, 1.82) is 0 Å². The molecule has 0 aliphatic heterocycles. The molecule has 0 aromatic carbocycles. The standard InChI is InChI=1S/C8H8ClN3O2/c1-5(11-12-8(13)14)6-2-3-10-4-7(6)9/h2-4,12H,1H3,(H,13,14)/p-1/b11-5-. The third-order valence-electron chi connectivity index (χ3n) is 1.48. The van der Waals surface area contributed by atoms with Crippen molar-refractivity contribution >= 4 is 23.4 Å². The lowest BCUT2D eigenvalue weighted by Crippen LogP contribution is -2.33. The molecule has 0 spiro atoms. The zero-order chi connectivity index (χ0) is 10.6. The molecule has 14 heavy (non-hydrogen) atoms. The van der Waals surface area contributed by atoms with E-state index in [9.17, 15) is 9.90 Å². The number of hydrogen-bond acceptors (Lipinski definition) is 4. The van der Waals surface area contributed by atoms with E-state index >= 15 is 0 Å². The normalized spacial score (nSPS) is 11.1. The van der Waals surface area contributed by atoms with E-state index in [1.807, 2.05) is 0 Å². The van der Waals surface area contributed by atoms with E-state index in [0.29, 0.717) is 16.3 Å². The fourth-order valence-electron chi connectivity index (χ4n) is 0.858. The van der Waals surface area contributed by atoms with Crippen LogP contribution in [0.5, 0.6) is 0 Å². The van der Waals surface area contributed by atoms with Gasteiger partial charge in [0.1, 0.15) is 0 Å². The number of halogens is 1. The first-order chi connectivity index (χ1) is 6.61. The average molecular weight is 213 g/mol. The Morgan fingerprint density at radius 2 is 2.43 bits per heavy atom. The Morgan fingerprint density at radius 1 is 1.71 bits per heavy atom. The summed E-state index contributed by atoms with van der Waals surface area (Å²) in [6.07, 6.45) is 1.53. The highest BCUT2D eigenvalue weighted by Crippen LogP contribution is 2.13. The highest BCUT2D eigenvalue weighted by Gasteiger charge is 2.02. The quantitative estimate of drug-likeness (QED) is 0.569. The minimum Gasteiger partial charge on any atom is -0.529 e. The number of rotatable bonds is 2. The molecule has 0 bridgehead atoms. The van der Waals surface area contributed by atoms with Gasteiger partial charge in [0.25, 0.3) is 0 Å². The summed E-state index contributed by atoms with van der Waals surface area (Å²) in [6, 6.07) is 1.64. The molecule has 0 saturated carbocycles. The van der Waals surface area contributed by atoms with Crippen molar-refractivity contribution in [3.63, 3.8) is 0 Å². The largest absolute Gasteiger partial charge is 0.529 e. The summed E-state index contributed by atoms with van der Waals surface area (Å²) < 4.78 is 0. The van der Waals surface area contributed by atoms with Crippen molar-refractivity contribution < 1.29 is 9.90 Å². The second-order valence-electron chi connectivity index (χ2n) is 2.45. The Balaban J connectivity index is 2.89. The molecule has 0 aliphatic carbocycles. The van der Waals surface area contributed by atoms with Crippen molar-refractivity contribution in [2.45, 2.75) is 6.92 Å². The highest BCUT2D eigenvalue weighted by atomic mass is 35.5. The third kappa shape index (κ3) is 2.70. The molecule has 1 aromatic rings. The number of amides is 1. The van der Waals surface area contributed by atoms with Crippen LogP contribution in [-0.4, -0.2) is 16.8 Å². The van der Waals surface area contributed by atoms with E-state index in [0.717, 1.165) is 0 Å². The Bertz CT molecular complexity index is 379. The summed E-state index contributed by atoms with van der Waals surface area (Å²) in [7, 11) is 0. The summed E-state index contributed by atoms with van der Waals surface area (Å²) in [5.74, 6) is 0. The van der Waals surface area contributed by atoms with Gasteiger partial charge < -0.3 is 9.90 Å². The van der Waals surface area contributed by atoms with Crippen molar-refractivity contribution in [2.75, 3.05) is 0 Å². The monoisotopic (exact) mass is 212 g/mol. The number of aromatic nitrogens is 1. The summed E-state index contributed by atoms with van der Waals surface area (Å²) in [4.78, 5) is 13.8. The Hall–Kier alpha value is -1.62. The Kier molecular flexibility index (Phi) is 3.41. The van der Waals surface area contributed by atoms with Gasteiger partial charge in [-0.05, 0) is 13.0 Å². The second-order valence-corrected chi connectivity index (χ2v) is 2.86. The fraction of sp³-hybridized carbons (Fsp3) is 0.125. The predicted octanol–water partition coefficient (Wildman–Crippen LogP) is 0.392. The van der Waals surface area contributed by atoms with Crippen LogP contribution in [0.1, 0.15) is 12.5 Å². The van der Waals surface area contributed by atoms with Crippen LogP contribution in [0.4, 0.5) is 4.79 Å². The van der Waals surface area contributed by atoms with Crippen molar-refractivity contribution in [2.24, 2.45) is 5.10 Å². The van der Waals surface area contributed by atoms with E-state index in [4.69, 9.17) is 11.6 Å². The minimum absolute atomic E-state index is 0.411. The Labute approximate surface area is 85.4 Å².